The highest BCUT2D eigenvalue weighted by Gasteiger charge is 2.22. The number of amides is 1. The minimum Gasteiger partial charge on any atom is -0.341 e. The summed E-state index contributed by atoms with van der Waals surface area (Å²) >= 11 is 0. The van der Waals surface area contributed by atoms with E-state index < -0.39 is 17.5 Å². The molecule has 0 aromatic heterocycles. The van der Waals surface area contributed by atoms with Gasteiger partial charge in [-0.1, -0.05) is 13.8 Å². The molecule has 0 spiro atoms. The van der Waals surface area contributed by atoms with Gasteiger partial charge in [0.15, 0.2) is 0 Å². The molecule has 5 heteroatoms. The molecule has 1 amide bonds. The van der Waals surface area contributed by atoms with Crippen LogP contribution in [0.15, 0.2) is 18.2 Å². The van der Waals surface area contributed by atoms with Gasteiger partial charge in [0.25, 0.3) is 5.91 Å². The van der Waals surface area contributed by atoms with Crippen LogP contribution in [0, 0.1) is 17.0 Å². The first-order valence-electron chi connectivity index (χ1n) is 5.67. The Kier molecular flexibility index (Phi) is 4.40. The average molecular weight is 256 g/mol. The molecule has 0 fully saturated rings. The molecule has 0 atom stereocenters. The number of halogens is 2. The first-order chi connectivity index (χ1) is 8.25. The van der Waals surface area contributed by atoms with Crippen LogP contribution < -0.4 is 5.73 Å². The van der Waals surface area contributed by atoms with E-state index in [1.54, 1.807) is 7.05 Å². The van der Waals surface area contributed by atoms with Crippen LogP contribution in [0.5, 0.6) is 0 Å². The van der Waals surface area contributed by atoms with Crippen LogP contribution in [0.3, 0.4) is 0 Å². The van der Waals surface area contributed by atoms with Crippen molar-refractivity contribution < 1.29 is 13.6 Å². The maximum absolute atomic E-state index is 13.0. The number of nitrogens with zero attached hydrogens (tertiary/aromatic N) is 1. The fourth-order valence-corrected chi connectivity index (χ4v) is 1.68. The van der Waals surface area contributed by atoms with Crippen molar-refractivity contribution in [3.63, 3.8) is 0 Å². The zero-order valence-corrected chi connectivity index (χ0v) is 10.8. The third-order valence-corrected chi connectivity index (χ3v) is 2.67. The molecule has 18 heavy (non-hydrogen) atoms. The van der Waals surface area contributed by atoms with E-state index in [9.17, 15) is 13.6 Å². The number of hydrogen-bond donors (Lipinski definition) is 1. The van der Waals surface area contributed by atoms with Gasteiger partial charge < -0.3 is 10.6 Å². The second-order valence-corrected chi connectivity index (χ2v) is 5.19. The molecule has 1 aromatic carbocycles. The predicted molar refractivity (Wildman–Crippen MR) is 66.2 cm³/mol. The zero-order valence-electron chi connectivity index (χ0n) is 10.8. The summed E-state index contributed by atoms with van der Waals surface area (Å²) in [6.45, 7) is 4.68. The fourth-order valence-electron chi connectivity index (χ4n) is 1.68. The molecule has 100 valence electrons. The second-order valence-electron chi connectivity index (χ2n) is 5.19. The van der Waals surface area contributed by atoms with Crippen molar-refractivity contribution in [3.05, 3.63) is 35.4 Å². The number of nitrogens with two attached hydrogens (primary N) is 1. The molecule has 0 saturated heterocycles. The normalized spacial score (nSPS) is 11.4. The highest BCUT2D eigenvalue weighted by Crippen LogP contribution is 2.16. The van der Waals surface area contributed by atoms with Crippen molar-refractivity contribution in [2.45, 2.75) is 13.8 Å². The van der Waals surface area contributed by atoms with Gasteiger partial charge in [-0.3, -0.25) is 4.79 Å². The quantitative estimate of drug-likeness (QED) is 0.895. The highest BCUT2D eigenvalue weighted by molar-refractivity contribution is 5.94. The van der Waals surface area contributed by atoms with E-state index in [1.165, 1.54) is 4.90 Å². The number of carbonyl (C=O) groups is 1. The Hall–Kier alpha value is -1.49. The van der Waals surface area contributed by atoms with Crippen molar-refractivity contribution in [1.82, 2.24) is 4.90 Å². The third-order valence-electron chi connectivity index (χ3n) is 2.67. The second kappa shape index (κ2) is 5.44. The molecule has 0 radical (unpaired) electrons. The Labute approximate surface area is 106 Å². The van der Waals surface area contributed by atoms with E-state index in [4.69, 9.17) is 5.73 Å². The Morgan fingerprint density at radius 2 is 1.78 bits per heavy atom. The van der Waals surface area contributed by atoms with Crippen LogP contribution in [-0.2, 0) is 0 Å². The standard InChI is InChI=1S/C13H18F2N2O/c1-13(2,7-16)8-17(3)12(18)9-4-10(14)6-11(15)5-9/h4-6H,7-8,16H2,1-3H3. The van der Waals surface area contributed by atoms with Crippen molar-refractivity contribution >= 4 is 5.91 Å². The minimum absolute atomic E-state index is 0.00261. The Balaban J connectivity index is 2.87. The Morgan fingerprint density at radius 3 is 2.22 bits per heavy atom. The molecule has 0 aliphatic heterocycles. The molecule has 1 aromatic rings. The van der Waals surface area contributed by atoms with E-state index in [0.717, 1.165) is 18.2 Å². The summed E-state index contributed by atoms with van der Waals surface area (Å²) in [4.78, 5) is 13.4. The number of rotatable bonds is 4. The molecule has 0 bridgehead atoms. The average Bonchev–Trinajstić information content (AvgIpc) is 2.26. The lowest BCUT2D eigenvalue weighted by Gasteiger charge is -2.29. The van der Waals surface area contributed by atoms with Crippen molar-refractivity contribution in [2.75, 3.05) is 20.1 Å². The number of carbonyl (C=O) groups excluding carboxylic acids is 1. The maximum atomic E-state index is 13.0. The van der Waals surface area contributed by atoms with Crippen LogP contribution in [-0.4, -0.2) is 30.9 Å². The monoisotopic (exact) mass is 256 g/mol. The zero-order chi connectivity index (χ0) is 13.9. The highest BCUT2D eigenvalue weighted by atomic mass is 19.1. The molecule has 0 aliphatic carbocycles. The molecule has 0 aliphatic rings. The van der Waals surface area contributed by atoms with Crippen molar-refractivity contribution in [1.29, 1.82) is 0 Å². The lowest BCUT2D eigenvalue weighted by Crippen LogP contribution is -2.39. The van der Waals surface area contributed by atoms with Gasteiger partial charge in [0.05, 0.1) is 0 Å². The summed E-state index contributed by atoms with van der Waals surface area (Å²) < 4.78 is 26.1. The van der Waals surface area contributed by atoms with Gasteiger partial charge in [-0.2, -0.15) is 0 Å². The molecule has 2 N–H and O–H groups in total. The van der Waals surface area contributed by atoms with Gasteiger partial charge >= 0.3 is 0 Å². The summed E-state index contributed by atoms with van der Waals surface area (Å²) in [5.41, 5.74) is 5.35. The van der Waals surface area contributed by atoms with Gasteiger partial charge in [0, 0.05) is 25.2 Å². The van der Waals surface area contributed by atoms with E-state index in [1.807, 2.05) is 13.8 Å². The van der Waals surface area contributed by atoms with Crippen molar-refractivity contribution in [3.8, 4) is 0 Å². The van der Waals surface area contributed by atoms with E-state index >= 15 is 0 Å². The van der Waals surface area contributed by atoms with E-state index in [-0.39, 0.29) is 11.0 Å². The van der Waals surface area contributed by atoms with E-state index in [0.29, 0.717) is 13.1 Å². The lowest BCUT2D eigenvalue weighted by molar-refractivity contribution is 0.0739. The Morgan fingerprint density at radius 1 is 1.28 bits per heavy atom. The van der Waals surface area contributed by atoms with Crippen LogP contribution in [0.4, 0.5) is 8.78 Å². The summed E-state index contributed by atoms with van der Waals surface area (Å²) in [6, 6.07) is 2.79. The molecular weight excluding hydrogens is 238 g/mol. The molecule has 0 unspecified atom stereocenters. The van der Waals surface area contributed by atoms with Crippen LogP contribution >= 0.6 is 0 Å². The molecule has 0 heterocycles. The number of hydrogen-bond acceptors (Lipinski definition) is 2. The first-order valence-corrected chi connectivity index (χ1v) is 5.67. The first kappa shape index (κ1) is 14.6. The third kappa shape index (κ3) is 3.77. The predicted octanol–water partition coefficient (Wildman–Crippen LogP) is 2.02. The topological polar surface area (TPSA) is 46.3 Å². The molecular formula is C13H18F2N2O. The van der Waals surface area contributed by atoms with Gasteiger partial charge in [-0.15, -0.1) is 0 Å². The Bertz CT molecular complexity index is 426. The van der Waals surface area contributed by atoms with Gasteiger partial charge in [0.2, 0.25) is 0 Å². The van der Waals surface area contributed by atoms with Gasteiger partial charge in [-0.05, 0) is 24.1 Å². The molecule has 1 rings (SSSR count). The summed E-state index contributed by atoms with van der Waals surface area (Å²) in [7, 11) is 1.59. The fraction of sp³-hybridized carbons (Fsp3) is 0.462. The van der Waals surface area contributed by atoms with Crippen LogP contribution in [0.2, 0.25) is 0 Å². The lowest BCUT2D eigenvalue weighted by atomic mass is 9.93. The van der Waals surface area contributed by atoms with Crippen LogP contribution in [0.1, 0.15) is 24.2 Å². The summed E-state index contributed by atoms with van der Waals surface area (Å²) in [5.74, 6) is -1.94. The number of benzene rings is 1. The smallest absolute Gasteiger partial charge is 0.253 e. The van der Waals surface area contributed by atoms with Crippen LogP contribution in [0.25, 0.3) is 0 Å². The molecule has 0 saturated carbocycles. The maximum Gasteiger partial charge on any atom is 0.253 e. The summed E-state index contributed by atoms with van der Waals surface area (Å²) in [5, 5.41) is 0. The minimum atomic E-state index is -0.759. The van der Waals surface area contributed by atoms with Gasteiger partial charge in [0.1, 0.15) is 11.6 Å². The van der Waals surface area contributed by atoms with E-state index in [2.05, 4.69) is 0 Å². The van der Waals surface area contributed by atoms with Crippen molar-refractivity contribution in [2.24, 2.45) is 11.1 Å². The largest absolute Gasteiger partial charge is 0.341 e. The summed E-state index contributed by atoms with van der Waals surface area (Å²) in [6.07, 6.45) is 0. The molecule has 3 nitrogen and oxygen atoms in total. The SMILES string of the molecule is CN(CC(C)(C)CN)C(=O)c1cc(F)cc(F)c1. The van der Waals surface area contributed by atoms with Gasteiger partial charge in [-0.25, -0.2) is 8.78 Å².